The lowest BCUT2D eigenvalue weighted by atomic mass is 10.0. The smallest absolute Gasteiger partial charge is 0.305 e. The quantitative estimate of drug-likeness (QED) is 0.0323. The summed E-state index contributed by atoms with van der Waals surface area (Å²) in [5.41, 5.74) is 0. The van der Waals surface area contributed by atoms with Gasteiger partial charge in [-0.3, -0.25) is 9.59 Å². The number of carbonyl (C=O) groups excluding carboxylic acids is 2. The van der Waals surface area contributed by atoms with Crippen LogP contribution >= 0.6 is 0 Å². The molecule has 0 aliphatic rings. The second kappa shape index (κ2) is 47.8. The summed E-state index contributed by atoms with van der Waals surface area (Å²) in [6.07, 6.45) is 57.1. The summed E-state index contributed by atoms with van der Waals surface area (Å²) >= 11 is 0. The molecule has 3 N–H and O–H groups in total. The fourth-order valence-electron chi connectivity index (χ4n) is 7.43. The van der Waals surface area contributed by atoms with Gasteiger partial charge in [-0.1, -0.05) is 198 Å². The van der Waals surface area contributed by atoms with E-state index in [4.69, 9.17) is 4.74 Å². The Hall–Kier alpha value is -1.92. The number of rotatable bonds is 46. The average molecular weight is 816 g/mol. The van der Waals surface area contributed by atoms with Gasteiger partial charge in [-0.15, -0.1) is 0 Å². The van der Waals surface area contributed by atoms with Crippen molar-refractivity contribution in [3.8, 4) is 0 Å². The van der Waals surface area contributed by atoms with Crippen molar-refractivity contribution >= 4 is 11.9 Å². The van der Waals surface area contributed by atoms with E-state index >= 15 is 0 Å². The molecule has 0 bridgehead atoms. The number of carbonyl (C=O) groups is 2. The highest BCUT2D eigenvalue weighted by Gasteiger charge is 2.18. The molecular formula is C52H97NO5. The molecule has 0 radical (unpaired) electrons. The molecule has 2 unspecified atom stereocenters. The Labute approximate surface area is 360 Å². The lowest BCUT2D eigenvalue weighted by Gasteiger charge is -2.20. The maximum absolute atomic E-state index is 12.4. The van der Waals surface area contributed by atoms with Crippen LogP contribution < -0.4 is 5.32 Å². The van der Waals surface area contributed by atoms with Crippen LogP contribution in [0.2, 0.25) is 0 Å². The predicted molar refractivity (Wildman–Crippen MR) is 250 cm³/mol. The number of allylic oxidation sites excluding steroid dienone is 5. The van der Waals surface area contributed by atoms with Gasteiger partial charge in [-0.2, -0.15) is 0 Å². The molecule has 0 aromatic carbocycles. The summed E-state index contributed by atoms with van der Waals surface area (Å²) in [6, 6.07) is -0.647. The van der Waals surface area contributed by atoms with Gasteiger partial charge < -0.3 is 20.3 Å². The van der Waals surface area contributed by atoms with Crippen LogP contribution in [0, 0.1) is 0 Å². The van der Waals surface area contributed by atoms with E-state index < -0.39 is 12.1 Å². The zero-order chi connectivity index (χ0) is 42.3. The average Bonchev–Trinajstić information content (AvgIpc) is 3.22. The number of esters is 1. The molecule has 0 saturated heterocycles. The zero-order valence-corrected chi connectivity index (χ0v) is 38.5. The molecule has 0 saturated carbocycles. The second-order valence-corrected chi connectivity index (χ2v) is 17.1. The van der Waals surface area contributed by atoms with Crippen molar-refractivity contribution in [3.05, 3.63) is 36.5 Å². The minimum Gasteiger partial charge on any atom is -0.466 e. The predicted octanol–water partition coefficient (Wildman–Crippen LogP) is 14.9. The maximum atomic E-state index is 12.4. The molecule has 6 heteroatoms. The molecule has 0 rings (SSSR count). The van der Waals surface area contributed by atoms with Crippen LogP contribution in [0.1, 0.15) is 258 Å². The molecule has 0 aliphatic heterocycles. The summed E-state index contributed by atoms with van der Waals surface area (Å²) < 4.78 is 5.42. The molecule has 0 aromatic rings. The first kappa shape index (κ1) is 56.1. The largest absolute Gasteiger partial charge is 0.466 e. The van der Waals surface area contributed by atoms with E-state index in [0.717, 1.165) is 83.5 Å². The number of aliphatic hydroxyl groups is 2. The monoisotopic (exact) mass is 816 g/mol. The van der Waals surface area contributed by atoms with Crippen LogP contribution in [0.3, 0.4) is 0 Å². The number of unbranched alkanes of at least 4 members (excludes halogenated alkanes) is 31. The third-order valence-corrected chi connectivity index (χ3v) is 11.4. The third-order valence-electron chi connectivity index (χ3n) is 11.4. The van der Waals surface area contributed by atoms with E-state index in [9.17, 15) is 19.8 Å². The Morgan fingerprint density at radius 2 is 0.828 bits per heavy atom. The first-order chi connectivity index (χ1) is 28.5. The van der Waals surface area contributed by atoms with E-state index in [1.807, 2.05) is 6.08 Å². The van der Waals surface area contributed by atoms with Crippen molar-refractivity contribution in [1.82, 2.24) is 5.32 Å². The van der Waals surface area contributed by atoms with Gasteiger partial charge in [-0.25, -0.2) is 0 Å². The molecule has 58 heavy (non-hydrogen) atoms. The van der Waals surface area contributed by atoms with Crippen LogP contribution in [-0.4, -0.2) is 47.4 Å². The Bertz CT molecular complexity index is 946. The van der Waals surface area contributed by atoms with E-state index in [-0.39, 0.29) is 18.5 Å². The third kappa shape index (κ3) is 43.7. The Balaban J connectivity index is 3.57. The lowest BCUT2D eigenvalue weighted by molar-refractivity contribution is -0.143. The lowest BCUT2D eigenvalue weighted by Crippen LogP contribution is -2.45. The van der Waals surface area contributed by atoms with E-state index in [1.165, 1.54) is 148 Å². The highest BCUT2D eigenvalue weighted by molar-refractivity contribution is 5.76. The number of hydrogen-bond donors (Lipinski definition) is 3. The van der Waals surface area contributed by atoms with Crippen LogP contribution in [0.5, 0.6) is 0 Å². The molecule has 1 amide bonds. The van der Waals surface area contributed by atoms with Gasteiger partial charge in [0, 0.05) is 12.8 Å². The summed E-state index contributed by atoms with van der Waals surface area (Å²) in [7, 11) is 0. The number of hydrogen-bond acceptors (Lipinski definition) is 5. The Morgan fingerprint density at radius 1 is 0.466 bits per heavy atom. The van der Waals surface area contributed by atoms with Crippen LogP contribution in [0.25, 0.3) is 0 Å². The molecule has 0 aromatic heterocycles. The number of amides is 1. The van der Waals surface area contributed by atoms with Crippen LogP contribution in [0.15, 0.2) is 36.5 Å². The van der Waals surface area contributed by atoms with Gasteiger partial charge in [-0.05, 0) is 83.5 Å². The summed E-state index contributed by atoms with van der Waals surface area (Å²) in [6.45, 7) is 4.80. The Morgan fingerprint density at radius 3 is 1.28 bits per heavy atom. The second-order valence-electron chi connectivity index (χ2n) is 17.1. The van der Waals surface area contributed by atoms with Gasteiger partial charge >= 0.3 is 5.97 Å². The molecular weight excluding hydrogens is 719 g/mol. The minimum absolute atomic E-state index is 0.0360. The summed E-state index contributed by atoms with van der Waals surface area (Å²) in [5, 5.41) is 23.1. The molecule has 0 heterocycles. The van der Waals surface area contributed by atoms with Gasteiger partial charge in [0.25, 0.3) is 0 Å². The highest BCUT2D eigenvalue weighted by Crippen LogP contribution is 2.15. The van der Waals surface area contributed by atoms with Crippen molar-refractivity contribution in [1.29, 1.82) is 0 Å². The summed E-state index contributed by atoms with van der Waals surface area (Å²) in [4.78, 5) is 24.4. The molecule has 0 fully saturated rings. The van der Waals surface area contributed by atoms with Gasteiger partial charge in [0.1, 0.15) is 0 Å². The molecule has 6 nitrogen and oxygen atoms in total. The van der Waals surface area contributed by atoms with E-state index in [1.54, 1.807) is 6.08 Å². The standard InChI is InChI=1S/C52H97NO5/c1-3-5-7-9-11-13-15-16-17-18-19-20-21-25-28-32-36-40-44-50(55)49(48-54)53-51(56)45-41-37-33-29-26-22-23-27-31-35-39-43-47-58-52(57)46-42-38-34-30-24-14-12-10-8-6-4-2/h10,12,23,27,40,44,49-50,54-55H,3-9,11,13-22,24-26,28-39,41-43,45-48H2,1-2H3,(H,53,56)/b12-10-,27-23-,44-40+. The Kier molecular flexibility index (Phi) is 46.2. The fourth-order valence-corrected chi connectivity index (χ4v) is 7.43. The number of ether oxygens (including phenoxy) is 1. The van der Waals surface area contributed by atoms with Crippen molar-refractivity contribution in [2.24, 2.45) is 0 Å². The van der Waals surface area contributed by atoms with Gasteiger partial charge in [0.2, 0.25) is 5.91 Å². The zero-order valence-electron chi connectivity index (χ0n) is 38.5. The minimum atomic E-state index is -0.861. The van der Waals surface area contributed by atoms with Crippen molar-refractivity contribution in [2.45, 2.75) is 270 Å². The first-order valence-electron chi connectivity index (χ1n) is 25.3. The normalized spacial score (nSPS) is 13.0. The van der Waals surface area contributed by atoms with E-state index in [2.05, 4.69) is 43.5 Å². The molecule has 0 aliphatic carbocycles. The van der Waals surface area contributed by atoms with Crippen molar-refractivity contribution in [2.75, 3.05) is 13.2 Å². The van der Waals surface area contributed by atoms with Crippen LogP contribution in [0.4, 0.5) is 0 Å². The molecule has 340 valence electrons. The maximum Gasteiger partial charge on any atom is 0.305 e. The van der Waals surface area contributed by atoms with Crippen molar-refractivity contribution < 1.29 is 24.5 Å². The summed E-state index contributed by atoms with van der Waals surface area (Å²) in [5.74, 6) is -0.130. The fraction of sp³-hybridized carbons (Fsp3) is 0.846. The van der Waals surface area contributed by atoms with Gasteiger partial charge in [0.05, 0.1) is 25.4 Å². The molecule has 0 spiro atoms. The topological polar surface area (TPSA) is 95.9 Å². The highest BCUT2D eigenvalue weighted by atomic mass is 16.5. The van der Waals surface area contributed by atoms with Crippen molar-refractivity contribution in [3.63, 3.8) is 0 Å². The van der Waals surface area contributed by atoms with E-state index in [0.29, 0.717) is 19.4 Å². The number of aliphatic hydroxyl groups excluding tert-OH is 2. The van der Waals surface area contributed by atoms with Crippen LogP contribution in [-0.2, 0) is 14.3 Å². The molecule has 2 atom stereocenters. The first-order valence-corrected chi connectivity index (χ1v) is 25.3. The SMILES string of the molecule is CCCC/C=C\CCCCCCCC(=O)OCCCCC/C=C\CCCCCCCC(=O)NC(CO)C(O)/C=C/CCCCCCCCCCCCCCCCCC. The number of nitrogens with one attached hydrogen (secondary N) is 1. The van der Waals surface area contributed by atoms with Gasteiger partial charge in [0.15, 0.2) is 0 Å².